The molecular weight excluding hydrogens is 349 g/mol. The zero-order chi connectivity index (χ0) is 13.7. The zero-order valence-electron chi connectivity index (χ0n) is 11.2. The maximum Gasteiger partial charge on any atom is 0.140 e. The summed E-state index contributed by atoms with van der Waals surface area (Å²) in [5, 5.41) is 3.34. The van der Waals surface area contributed by atoms with Gasteiger partial charge in [-0.05, 0) is 71.5 Å². The molecule has 0 amide bonds. The number of benzene rings is 2. The molecule has 0 saturated heterocycles. The van der Waals surface area contributed by atoms with Crippen molar-refractivity contribution in [3.63, 3.8) is 0 Å². The topological polar surface area (TPSA) is 21.3 Å². The van der Waals surface area contributed by atoms with Gasteiger partial charge in [0.15, 0.2) is 0 Å². The third-order valence-corrected chi connectivity index (χ3v) is 3.84. The van der Waals surface area contributed by atoms with E-state index in [4.69, 9.17) is 4.74 Å². The van der Waals surface area contributed by atoms with Crippen molar-refractivity contribution in [1.82, 2.24) is 5.32 Å². The molecule has 19 heavy (non-hydrogen) atoms. The highest BCUT2D eigenvalue weighted by Crippen LogP contribution is 2.27. The van der Waals surface area contributed by atoms with Gasteiger partial charge in [-0.2, -0.15) is 0 Å². The van der Waals surface area contributed by atoms with Crippen molar-refractivity contribution in [2.45, 2.75) is 20.4 Å². The van der Waals surface area contributed by atoms with Crippen LogP contribution < -0.4 is 10.1 Å². The van der Waals surface area contributed by atoms with E-state index in [0.29, 0.717) is 0 Å². The Morgan fingerprint density at radius 3 is 2.63 bits per heavy atom. The molecule has 0 bridgehead atoms. The third kappa shape index (κ3) is 3.94. The van der Waals surface area contributed by atoms with Crippen LogP contribution in [0.25, 0.3) is 0 Å². The largest absolute Gasteiger partial charge is 0.456 e. The first kappa shape index (κ1) is 14.3. The summed E-state index contributed by atoms with van der Waals surface area (Å²) in [6, 6.07) is 14.3. The number of rotatable bonds is 5. The number of hydrogen-bond acceptors (Lipinski definition) is 2. The molecule has 2 rings (SSSR count). The number of nitrogens with one attached hydrogen (secondary N) is 1. The van der Waals surface area contributed by atoms with Crippen molar-refractivity contribution in [2.24, 2.45) is 0 Å². The van der Waals surface area contributed by atoms with Crippen LogP contribution in [0.4, 0.5) is 0 Å². The predicted octanol–water partition coefficient (Wildman–Crippen LogP) is 4.50. The second-order valence-electron chi connectivity index (χ2n) is 4.40. The van der Waals surface area contributed by atoms with Crippen molar-refractivity contribution < 1.29 is 4.74 Å². The lowest BCUT2D eigenvalue weighted by Gasteiger charge is -2.11. The van der Waals surface area contributed by atoms with E-state index < -0.39 is 0 Å². The van der Waals surface area contributed by atoms with Crippen molar-refractivity contribution in [3.8, 4) is 11.5 Å². The molecule has 0 heterocycles. The maximum absolute atomic E-state index is 5.92. The predicted molar refractivity (Wildman–Crippen MR) is 87.8 cm³/mol. The Bertz CT molecular complexity index is 554. The van der Waals surface area contributed by atoms with Crippen LogP contribution in [-0.2, 0) is 6.54 Å². The third-order valence-electron chi connectivity index (χ3n) is 2.94. The van der Waals surface area contributed by atoms with Gasteiger partial charge in [0.1, 0.15) is 11.5 Å². The fourth-order valence-corrected chi connectivity index (χ4v) is 2.34. The number of aryl methyl sites for hydroxylation is 1. The first-order valence-electron chi connectivity index (χ1n) is 6.43. The Morgan fingerprint density at radius 1 is 1.16 bits per heavy atom. The van der Waals surface area contributed by atoms with E-state index in [1.165, 1.54) is 11.1 Å². The van der Waals surface area contributed by atoms with Crippen LogP contribution in [0.2, 0.25) is 0 Å². The van der Waals surface area contributed by atoms with Crippen molar-refractivity contribution >= 4 is 22.6 Å². The summed E-state index contributed by atoms with van der Waals surface area (Å²) in [5.41, 5.74) is 2.57. The Hall–Kier alpha value is -1.07. The summed E-state index contributed by atoms with van der Waals surface area (Å²) >= 11 is 2.29. The lowest BCUT2D eigenvalue weighted by atomic mass is 10.1. The standard InChI is InChI=1S/C16H18INO/c1-3-18-11-13-8-9-14(10-12(13)2)19-16-7-5-4-6-15(16)17/h4-10,18H,3,11H2,1-2H3. The van der Waals surface area contributed by atoms with Crippen LogP contribution in [0.3, 0.4) is 0 Å². The smallest absolute Gasteiger partial charge is 0.140 e. The summed E-state index contributed by atoms with van der Waals surface area (Å²) in [7, 11) is 0. The molecule has 0 unspecified atom stereocenters. The molecule has 0 radical (unpaired) electrons. The molecule has 2 aromatic carbocycles. The van der Waals surface area contributed by atoms with Gasteiger partial charge in [0, 0.05) is 6.54 Å². The van der Waals surface area contributed by atoms with Crippen LogP contribution in [0.15, 0.2) is 42.5 Å². The quantitative estimate of drug-likeness (QED) is 0.786. The Morgan fingerprint density at radius 2 is 1.95 bits per heavy atom. The fourth-order valence-electron chi connectivity index (χ4n) is 1.84. The first-order valence-corrected chi connectivity index (χ1v) is 7.51. The molecule has 3 heteroatoms. The van der Waals surface area contributed by atoms with Crippen LogP contribution in [0.5, 0.6) is 11.5 Å². The average Bonchev–Trinajstić information content (AvgIpc) is 2.40. The van der Waals surface area contributed by atoms with Crippen molar-refractivity contribution in [1.29, 1.82) is 0 Å². The summed E-state index contributed by atoms with van der Waals surface area (Å²) in [5.74, 6) is 1.80. The van der Waals surface area contributed by atoms with Gasteiger partial charge in [0.25, 0.3) is 0 Å². The van der Waals surface area contributed by atoms with Crippen molar-refractivity contribution in [3.05, 3.63) is 57.2 Å². The molecule has 0 aliphatic carbocycles. The number of halogens is 1. The van der Waals surface area contributed by atoms with Gasteiger partial charge in [0.05, 0.1) is 3.57 Å². The van der Waals surface area contributed by atoms with Gasteiger partial charge in [-0.15, -0.1) is 0 Å². The second kappa shape index (κ2) is 6.91. The fraction of sp³-hybridized carbons (Fsp3) is 0.250. The van der Waals surface area contributed by atoms with Gasteiger partial charge in [-0.25, -0.2) is 0 Å². The molecule has 0 aliphatic rings. The molecule has 0 saturated carbocycles. The molecular formula is C16H18INO. The monoisotopic (exact) mass is 367 g/mol. The van der Waals surface area contributed by atoms with Crippen molar-refractivity contribution in [2.75, 3.05) is 6.54 Å². The summed E-state index contributed by atoms with van der Waals surface area (Å²) in [6.07, 6.45) is 0. The minimum absolute atomic E-state index is 0.891. The normalized spacial score (nSPS) is 10.5. The molecule has 0 aromatic heterocycles. The Balaban J connectivity index is 2.14. The van der Waals surface area contributed by atoms with E-state index in [1.807, 2.05) is 30.3 Å². The molecule has 100 valence electrons. The van der Waals surface area contributed by atoms with Gasteiger partial charge < -0.3 is 10.1 Å². The van der Waals surface area contributed by atoms with E-state index in [2.05, 4.69) is 53.9 Å². The Labute approximate surface area is 128 Å². The van der Waals surface area contributed by atoms with E-state index in [1.54, 1.807) is 0 Å². The molecule has 1 N–H and O–H groups in total. The van der Waals surface area contributed by atoms with Crippen LogP contribution in [0, 0.1) is 10.5 Å². The highest BCUT2D eigenvalue weighted by molar-refractivity contribution is 14.1. The molecule has 2 aromatic rings. The highest BCUT2D eigenvalue weighted by Gasteiger charge is 2.04. The number of para-hydroxylation sites is 1. The second-order valence-corrected chi connectivity index (χ2v) is 5.56. The van der Waals surface area contributed by atoms with Gasteiger partial charge in [-0.1, -0.05) is 25.1 Å². The first-order chi connectivity index (χ1) is 9.20. The zero-order valence-corrected chi connectivity index (χ0v) is 13.4. The lowest BCUT2D eigenvalue weighted by molar-refractivity contribution is 0.478. The Kier molecular flexibility index (Phi) is 5.22. The molecule has 0 spiro atoms. The summed E-state index contributed by atoms with van der Waals surface area (Å²) < 4.78 is 7.04. The number of hydrogen-bond donors (Lipinski definition) is 1. The van der Waals surface area contributed by atoms with E-state index in [-0.39, 0.29) is 0 Å². The van der Waals surface area contributed by atoms with E-state index >= 15 is 0 Å². The lowest BCUT2D eigenvalue weighted by Crippen LogP contribution is -2.12. The van der Waals surface area contributed by atoms with Gasteiger partial charge in [0.2, 0.25) is 0 Å². The number of ether oxygens (including phenoxy) is 1. The molecule has 2 nitrogen and oxygen atoms in total. The maximum atomic E-state index is 5.92. The summed E-state index contributed by atoms with van der Waals surface area (Å²) in [4.78, 5) is 0. The minimum atomic E-state index is 0.891. The highest BCUT2D eigenvalue weighted by atomic mass is 127. The average molecular weight is 367 g/mol. The van der Waals surface area contributed by atoms with E-state index in [9.17, 15) is 0 Å². The molecule has 0 fully saturated rings. The molecule has 0 aliphatic heterocycles. The van der Waals surface area contributed by atoms with Gasteiger partial charge in [-0.3, -0.25) is 0 Å². The van der Waals surface area contributed by atoms with Crippen LogP contribution in [-0.4, -0.2) is 6.54 Å². The van der Waals surface area contributed by atoms with E-state index in [0.717, 1.165) is 28.2 Å². The SMILES string of the molecule is CCNCc1ccc(Oc2ccccc2I)cc1C. The van der Waals surface area contributed by atoms with Gasteiger partial charge >= 0.3 is 0 Å². The molecule has 0 atom stereocenters. The minimum Gasteiger partial charge on any atom is -0.456 e. The van der Waals surface area contributed by atoms with Crippen LogP contribution in [0.1, 0.15) is 18.1 Å². The van der Waals surface area contributed by atoms with Crippen LogP contribution >= 0.6 is 22.6 Å². The summed E-state index contributed by atoms with van der Waals surface area (Å²) in [6.45, 7) is 6.13.